The molecule has 0 unspecified atom stereocenters. The van der Waals surface area contributed by atoms with E-state index in [1.54, 1.807) is 0 Å². The highest BCUT2D eigenvalue weighted by atomic mass is 16.5. The molecule has 0 spiro atoms. The number of amides is 1. The quantitative estimate of drug-likeness (QED) is 0.530. The lowest BCUT2D eigenvalue weighted by Gasteiger charge is -2.33. The standard InChI is InChI=1S/C26H32N4O2/c1-3-30(4-2)26(31)22-16-11-17-29(18-22)19-23-27-25(28-32-23)24(20-12-7-5-8-13-20)21-14-9-6-10-15-21/h5-10,12-15,22,24H,3-4,11,16-19H2,1-2H3/t22-/m0/s1. The fourth-order valence-electron chi connectivity index (χ4n) is 4.62. The minimum absolute atomic E-state index is 0.0485. The zero-order chi connectivity index (χ0) is 22.3. The fourth-order valence-corrected chi connectivity index (χ4v) is 4.62. The first-order valence-electron chi connectivity index (χ1n) is 11.6. The van der Waals surface area contributed by atoms with E-state index in [4.69, 9.17) is 9.51 Å². The highest BCUT2D eigenvalue weighted by molar-refractivity contribution is 5.79. The summed E-state index contributed by atoms with van der Waals surface area (Å²) >= 11 is 0. The van der Waals surface area contributed by atoms with Gasteiger partial charge in [-0.2, -0.15) is 4.98 Å². The van der Waals surface area contributed by atoms with Gasteiger partial charge in [0, 0.05) is 19.6 Å². The van der Waals surface area contributed by atoms with Crippen LogP contribution in [0.15, 0.2) is 65.2 Å². The molecule has 0 radical (unpaired) electrons. The highest BCUT2D eigenvalue weighted by Crippen LogP contribution is 2.30. The molecule has 1 saturated heterocycles. The summed E-state index contributed by atoms with van der Waals surface area (Å²) in [5.74, 6) is 1.51. The minimum Gasteiger partial charge on any atom is -0.343 e. The summed E-state index contributed by atoms with van der Waals surface area (Å²) in [4.78, 5) is 21.8. The average molecular weight is 433 g/mol. The van der Waals surface area contributed by atoms with E-state index >= 15 is 0 Å². The number of carbonyl (C=O) groups excluding carboxylic acids is 1. The minimum atomic E-state index is -0.0757. The van der Waals surface area contributed by atoms with E-state index in [0.717, 1.165) is 50.1 Å². The topological polar surface area (TPSA) is 62.5 Å². The summed E-state index contributed by atoms with van der Waals surface area (Å²) in [5, 5.41) is 4.36. The molecule has 0 bridgehead atoms. The van der Waals surface area contributed by atoms with Crippen molar-refractivity contribution in [3.8, 4) is 0 Å². The molecule has 1 aromatic heterocycles. The third kappa shape index (κ3) is 5.07. The van der Waals surface area contributed by atoms with Crippen molar-refractivity contribution < 1.29 is 9.32 Å². The Balaban J connectivity index is 1.49. The first-order chi connectivity index (χ1) is 15.7. The molecule has 168 valence electrons. The van der Waals surface area contributed by atoms with E-state index in [0.29, 0.717) is 18.3 Å². The van der Waals surface area contributed by atoms with Crippen LogP contribution in [0, 0.1) is 5.92 Å². The monoisotopic (exact) mass is 432 g/mol. The van der Waals surface area contributed by atoms with E-state index in [1.807, 2.05) is 55.1 Å². The van der Waals surface area contributed by atoms with E-state index in [-0.39, 0.29) is 17.7 Å². The molecule has 4 rings (SSSR count). The molecule has 3 aromatic rings. The Hall–Kier alpha value is -2.99. The van der Waals surface area contributed by atoms with Gasteiger partial charge in [-0.15, -0.1) is 0 Å². The molecule has 0 aliphatic carbocycles. The van der Waals surface area contributed by atoms with Crippen LogP contribution in [0.2, 0.25) is 0 Å². The van der Waals surface area contributed by atoms with Crippen LogP contribution in [-0.4, -0.2) is 52.0 Å². The Bertz CT molecular complexity index is 946. The van der Waals surface area contributed by atoms with Gasteiger partial charge in [0.2, 0.25) is 11.8 Å². The van der Waals surface area contributed by atoms with Crippen molar-refractivity contribution in [2.75, 3.05) is 26.2 Å². The van der Waals surface area contributed by atoms with Crippen LogP contribution in [-0.2, 0) is 11.3 Å². The van der Waals surface area contributed by atoms with Crippen molar-refractivity contribution in [1.82, 2.24) is 19.9 Å². The van der Waals surface area contributed by atoms with Crippen LogP contribution >= 0.6 is 0 Å². The number of nitrogens with zero attached hydrogens (tertiary/aromatic N) is 4. The van der Waals surface area contributed by atoms with Crippen molar-refractivity contribution in [3.63, 3.8) is 0 Å². The number of carbonyl (C=O) groups is 1. The van der Waals surface area contributed by atoms with E-state index < -0.39 is 0 Å². The predicted molar refractivity (Wildman–Crippen MR) is 124 cm³/mol. The summed E-state index contributed by atoms with van der Waals surface area (Å²) in [6.45, 7) is 7.87. The Kier molecular flexibility index (Phi) is 7.32. The molecule has 1 fully saturated rings. The van der Waals surface area contributed by atoms with Gasteiger partial charge in [0.15, 0.2) is 5.82 Å². The van der Waals surface area contributed by atoms with Gasteiger partial charge in [0.25, 0.3) is 0 Å². The molecule has 32 heavy (non-hydrogen) atoms. The van der Waals surface area contributed by atoms with Crippen molar-refractivity contribution in [3.05, 3.63) is 83.5 Å². The Morgan fingerprint density at radius 2 is 1.69 bits per heavy atom. The summed E-state index contributed by atoms with van der Waals surface area (Å²) in [5.41, 5.74) is 2.27. The Morgan fingerprint density at radius 3 is 2.28 bits per heavy atom. The lowest BCUT2D eigenvalue weighted by Crippen LogP contribution is -2.44. The van der Waals surface area contributed by atoms with Gasteiger partial charge in [0.05, 0.1) is 18.4 Å². The average Bonchev–Trinajstić information content (AvgIpc) is 3.29. The molecule has 2 aromatic carbocycles. The largest absolute Gasteiger partial charge is 0.343 e. The third-order valence-corrected chi connectivity index (χ3v) is 6.30. The van der Waals surface area contributed by atoms with Crippen LogP contribution in [0.1, 0.15) is 55.4 Å². The number of benzene rings is 2. The van der Waals surface area contributed by atoms with E-state index in [9.17, 15) is 4.79 Å². The zero-order valence-electron chi connectivity index (χ0n) is 19.0. The first-order valence-corrected chi connectivity index (χ1v) is 11.6. The van der Waals surface area contributed by atoms with Crippen LogP contribution in [0.3, 0.4) is 0 Å². The molecule has 0 saturated carbocycles. The summed E-state index contributed by atoms with van der Waals surface area (Å²) < 4.78 is 5.68. The van der Waals surface area contributed by atoms with Crippen LogP contribution in [0.5, 0.6) is 0 Å². The fraction of sp³-hybridized carbons (Fsp3) is 0.423. The lowest BCUT2D eigenvalue weighted by molar-refractivity contribution is -0.137. The molecule has 1 amide bonds. The maximum atomic E-state index is 12.8. The number of rotatable bonds is 8. The van der Waals surface area contributed by atoms with Gasteiger partial charge >= 0.3 is 0 Å². The molecule has 1 aliphatic rings. The van der Waals surface area contributed by atoms with Crippen LogP contribution in [0.4, 0.5) is 0 Å². The van der Waals surface area contributed by atoms with Crippen LogP contribution < -0.4 is 0 Å². The summed E-state index contributed by atoms with van der Waals surface area (Å²) in [7, 11) is 0. The van der Waals surface area contributed by atoms with Gasteiger partial charge < -0.3 is 9.42 Å². The SMILES string of the molecule is CCN(CC)C(=O)[C@H]1CCCN(Cc2nc(C(c3ccccc3)c3ccccc3)no2)C1. The van der Waals surface area contributed by atoms with Crippen molar-refractivity contribution in [2.24, 2.45) is 5.92 Å². The van der Waals surface area contributed by atoms with Gasteiger partial charge in [-0.05, 0) is 44.4 Å². The molecular weight excluding hydrogens is 400 g/mol. The smallest absolute Gasteiger partial charge is 0.240 e. The first kappa shape index (κ1) is 22.2. The summed E-state index contributed by atoms with van der Waals surface area (Å²) in [6.07, 6.45) is 1.96. The molecule has 1 aliphatic heterocycles. The molecule has 1 atom stereocenters. The number of aromatic nitrogens is 2. The van der Waals surface area contributed by atoms with Crippen LogP contribution in [0.25, 0.3) is 0 Å². The lowest BCUT2D eigenvalue weighted by atomic mass is 9.91. The number of hydrogen-bond donors (Lipinski definition) is 0. The maximum Gasteiger partial charge on any atom is 0.240 e. The van der Waals surface area contributed by atoms with E-state index in [2.05, 4.69) is 34.3 Å². The normalized spacial score (nSPS) is 16.9. The molecular formula is C26H32N4O2. The highest BCUT2D eigenvalue weighted by Gasteiger charge is 2.29. The second-order valence-electron chi connectivity index (χ2n) is 8.39. The zero-order valence-corrected chi connectivity index (χ0v) is 19.0. The predicted octanol–water partition coefficient (Wildman–Crippen LogP) is 4.33. The van der Waals surface area contributed by atoms with Crippen molar-refractivity contribution in [2.45, 2.75) is 39.2 Å². The molecule has 6 heteroatoms. The maximum absolute atomic E-state index is 12.8. The van der Waals surface area contributed by atoms with Gasteiger partial charge in [-0.25, -0.2) is 0 Å². The number of likely N-dealkylation sites (tertiary alicyclic amines) is 1. The second-order valence-corrected chi connectivity index (χ2v) is 8.39. The van der Waals surface area contributed by atoms with E-state index in [1.165, 1.54) is 0 Å². The molecule has 6 nitrogen and oxygen atoms in total. The third-order valence-electron chi connectivity index (χ3n) is 6.30. The number of piperidine rings is 1. The summed E-state index contributed by atoms with van der Waals surface area (Å²) in [6, 6.07) is 20.6. The second kappa shape index (κ2) is 10.6. The van der Waals surface area contributed by atoms with Crippen molar-refractivity contribution >= 4 is 5.91 Å². The van der Waals surface area contributed by atoms with Gasteiger partial charge in [0.1, 0.15) is 0 Å². The van der Waals surface area contributed by atoms with Gasteiger partial charge in [-0.1, -0.05) is 65.8 Å². The Morgan fingerprint density at radius 1 is 1.06 bits per heavy atom. The number of hydrogen-bond acceptors (Lipinski definition) is 5. The van der Waals surface area contributed by atoms with Crippen molar-refractivity contribution in [1.29, 1.82) is 0 Å². The van der Waals surface area contributed by atoms with Gasteiger partial charge in [-0.3, -0.25) is 9.69 Å². The Labute approximate surface area is 190 Å². The molecule has 2 heterocycles. The molecule has 0 N–H and O–H groups in total.